The third kappa shape index (κ3) is 3.61. The Labute approximate surface area is 178 Å². The smallest absolute Gasteiger partial charge is 0.320 e. The van der Waals surface area contributed by atoms with Gasteiger partial charge in [-0.3, -0.25) is 4.57 Å². The Bertz CT molecular complexity index is 1020. The summed E-state index contributed by atoms with van der Waals surface area (Å²) in [6.07, 6.45) is 4.71. The normalized spacial score (nSPS) is 27.1. The van der Waals surface area contributed by atoms with Crippen LogP contribution in [-0.4, -0.2) is 48.2 Å². The van der Waals surface area contributed by atoms with Gasteiger partial charge in [0.2, 0.25) is 0 Å². The van der Waals surface area contributed by atoms with Crippen molar-refractivity contribution in [1.29, 1.82) is 0 Å². The fourth-order valence-corrected chi connectivity index (χ4v) is 5.43. The molecule has 1 saturated carbocycles. The molecule has 2 aliphatic rings. The van der Waals surface area contributed by atoms with Gasteiger partial charge in [0.05, 0.1) is 23.8 Å². The number of nitrogens with two attached hydrogens (primary N) is 1. The maximum Gasteiger partial charge on any atom is 0.320 e. The van der Waals surface area contributed by atoms with Crippen molar-refractivity contribution >= 4 is 28.7 Å². The van der Waals surface area contributed by atoms with Crippen molar-refractivity contribution in [2.45, 2.75) is 67.3 Å². The maximum atomic E-state index is 10.8. The van der Waals surface area contributed by atoms with E-state index in [2.05, 4.69) is 15.0 Å². The number of thioether (sulfide) groups is 1. The van der Waals surface area contributed by atoms with E-state index in [1.54, 1.807) is 18.1 Å². The van der Waals surface area contributed by atoms with Gasteiger partial charge in [-0.15, -0.1) is 11.8 Å². The van der Waals surface area contributed by atoms with Crippen molar-refractivity contribution in [1.82, 2.24) is 19.5 Å². The van der Waals surface area contributed by atoms with Gasteiger partial charge in [0.25, 0.3) is 0 Å². The molecule has 0 amide bonds. The van der Waals surface area contributed by atoms with E-state index in [4.69, 9.17) is 15.2 Å². The van der Waals surface area contributed by atoms with E-state index < -0.39 is 12.3 Å². The lowest BCUT2D eigenvalue weighted by atomic mass is 10.2. The van der Waals surface area contributed by atoms with Crippen molar-refractivity contribution in [3.05, 3.63) is 36.7 Å². The summed E-state index contributed by atoms with van der Waals surface area (Å²) in [5.74, 6) is 0.283. The van der Waals surface area contributed by atoms with Crippen LogP contribution in [-0.2, 0) is 4.74 Å². The van der Waals surface area contributed by atoms with Crippen LogP contribution in [0.3, 0.4) is 0 Å². The van der Waals surface area contributed by atoms with E-state index >= 15 is 0 Å². The number of nitrogen functional groups attached to an aromatic ring is 1. The Balaban J connectivity index is 1.49. The predicted octanol–water partition coefficient (Wildman–Crippen LogP) is 3.17. The molecule has 30 heavy (non-hydrogen) atoms. The Kier molecular flexibility index (Phi) is 5.26. The summed E-state index contributed by atoms with van der Waals surface area (Å²) < 4.78 is 13.9. The van der Waals surface area contributed by atoms with E-state index in [0.29, 0.717) is 11.2 Å². The summed E-state index contributed by atoms with van der Waals surface area (Å²) in [5.41, 5.74) is 7.22. The molecule has 4 atom stereocenters. The molecular weight excluding hydrogens is 402 g/mol. The molecule has 5 rings (SSSR count). The second-order valence-corrected chi connectivity index (χ2v) is 9.11. The summed E-state index contributed by atoms with van der Waals surface area (Å²) in [4.78, 5) is 14.4. The Morgan fingerprint density at radius 3 is 2.73 bits per heavy atom. The first-order valence-corrected chi connectivity index (χ1v) is 11.2. The summed E-state index contributed by atoms with van der Waals surface area (Å²) in [5, 5.41) is 10.6. The number of aromatic nitrogens is 4. The monoisotopic (exact) mass is 427 g/mol. The standard InChI is InChI=1S/C21H25N5O3S/c1-12-16(27)17(30-14-9-3-2-4-10-14)20(28-12)26-11-23-15-18(22)24-21(25-19(15)26)29-13-7-5-6-8-13/h2-4,9-13,16-17,20,27H,5-8H2,1H3,(H2,22,24,25)/t12-,16-,17-,20-/m1/s1. The van der Waals surface area contributed by atoms with Crippen molar-refractivity contribution in [2.75, 3.05) is 5.73 Å². The van der Waals surface area contributed by atoms with Crippen LogP contribution in [0.1, 0.15) is 38.8 Å². The molecule has 3 heterocycles. The summed E-state index contributed by atoms with van der Waals surface area (Å²) in [7, 11) is 0. The van der Waals surface area contributed by atoms with Crippen LogP contribution in [0.4, 0.5) is 5.82 Å². The van der Waals surface area contributed by atoms with Gasteiger partial charge >= 0.3 is 6.01 Å². The van der Waals surface area contributed by atoms with Gasteiger partial charge in [-0.25, -0.2) is 4.98 Å². The SMILES string of the molecule is C[C@H]1O[C@@H](n2cnc3c(N)nc(OC4CCCC4)nc32)[C@H](Sc2ccccc2)[C@@H]1O. The number of benzene rings is 1. The molecule has 0 bridgehead atoms. The molecule has 2 fully saturated rings. The molecule has 9 heteroatoms. The molecular formula is C21H25N5O3S. The largest absolute Gasteiger partial charge is 0.460 e. The molecule has 1 saturated heterocycles. The third-order valence-corrected chi connectivity index (χ3v) is 7.07. The van der Waals surface area contributed by atoms with Crippen LogP contribution < -0.4 is 10.5 Å². The molecule has 0 unspecified atom stereocenters. The number of aliphatic hydroxyl groups excluding tert-OH is 1. The Morgan fingerprint density at radius 1 is 1.20 bits per heavy atom. The minimum Gasteiger partial charge on any atom is -0.460 e. The fraction of sp³-hybridized carbons (Fsp3) is 0.476. The molecule has 8 nitrogen and oxygen atoms in total. The van der Waals surface area contributed by atoms with E-state index in [9.17, 15) is 5.11 Å². The number of ether oxygens (including phenoxy) is 2. The highest BCUT2D eigenvalue weighted by Gasteiger charge is 2.44. The van der Waals surface area contributed by atoms with Gasteiger partial charge < -0.3 is 20.3 Å². The zero-order valence-electron chi connectivity index (χ0n) is 16.7. The molecule has 0 radical (unpaired) electrons. The van der Waals surface area contributed by atoms with Crippen LogP contribution in [0.5, 0.6) is 6.01 Å². The Morgan fingerprint density at radius 2 is 1.97 bits per heavy atom. The van der Waals surface area contributed by atoms with Crippen LogP contribution >= 0.6 is 11.8 Å². The maximum absolute atomic E-state index is 10.8. The summed E-state index contributed by atoms with van der Waals surface area (Å²) in [6, 6.07) is 10.3. The summed E-state index contributed by atoms with van der Waals surface area (Å²) >= 11 is 1.58. The number of rotatable bonds is 5. The van der Waals surface area contributed by atoms with Crippen molar-refractivity contribution < 1.29 is 14.6 Å². The molecule has 3 N–H and O–H groups in total. The van der Waals surface area contributed by atoms with Gasteiger partial charge in [-0.2, -0.15) is 9.97 Å². The van der Waals surface area contributed by atoms with Crippen LogP contribution in [0, 0.1) is 0 Å². The molecule has 1 aliphatic carbocycles. The summed E-state index contributed by atoms with van der Waals surface area (Å²) in [6.45, 7) is 1.88. The van der Waals surface area contributed by atoms with Crippen LogP contribution in [0.15, 0.2) is 41.6 Å². The van der Waals surface area contributed by atoms with Crippen molar-refractivity contribution in [3.8, 4) is 6.01 Å². The van der Waals surface area contributed by atoms with E-state index in [1.807, 2.05) is 41.8 Å². The zero-order chi connectivity index (χ0) is 20.7. The quantitative estimate of drug-likeness (QED) is 0.639. The van der Waals surface area contributed by atoms with Crippen LogP contribution in [0.25, 0.3) is 11.2 Å². The first-order chi connectivity index (χ1) is 14.6. The predicted molar refractivity (Wildman–Crippen MR) is 114 cm³/mol. The second-order valence-electron chi connectivity index (χ2n) is 7.86. The molecule has 158 valence electrons. The number of hydrogen-bond donors (Lipinski definition) is 2. The van der Waals surface area contributed by atoms with Gasteiger partial charge in [-0.05, 0) is 44.7 Å². The van der Waals surface area contributed by atoms with E-state index in [-0.39, 0.29) is 29.3 Å². The minimum absolute atomic E-state index is 0.129. The molecule has 1 aromatic carbocycles. The number of anilines is 1. The van der Waals surface area contributed by atoms with Gasteiger partial charge in [0.1, 0.15) is 6.10 Å². The lowest BCUT2D eigenvalue weighted by molar-refractivity contribution is -0.00601. The molecule has 0 spiro atoms. The minimum atomic E-state index is -0.633. The van der Waals surface area contributed by atoms with Crippen LogP contribution in [0.2, 0.25) is 0 Å². The number of imidazole rings is 1. The second kappa shape index (κ2) is 8.05. The number of fused-ring (bicyclic) bond motifs is 1. The molecule has 2 aromatic heterocycles. The first kappa shape index (κ1) is 19.6. The third-order valence-electron chi connectivity index (χ3n) is 5.74. The van der Waals surface area contributed by atoms with Crippen molar-refractivity contribution in [2.24, 2.45) is 0 Å². The molecule has 3 aromatic rings. The number of aliphatic hydroxyl groups is 1. The average Bonchev–Trinajstić information content (AvgIpc) is 3.46. The first-order valence-electron chi connectivity index (χ1n) is 10.3. The van der Waals surface area contributed by atoms with Gasteiger partial charge in [-0.1, -0.05) is 18.2 Å². The topological polar surface area (TPSA) is 108 Å². The zero-order valence-corrected chi connectivity index (χ0v) is 17.5. The lowest BCUT2D eigenvalue weighted by Gasteiger charge is -2.21. The van der Waals surface area contributed by atoms with Gasteiger partial charge in [0, 0.05) is 4.90 Å². The lowest BCUT2D eigenvalue weighted by Crippen LogP contribution is -2.28. The molecule has 1 aliphatic heterocycles. The van der Waals surface area contributed by atoms with Gasteiger partial charge in [0.15, 0.2) is 23.2 Å². The van der Waals surface area contributed by atoms with E-state index in [0.717, 1.165) is 30.6 Å². The highest BCUT2D eigenvalue weighted by Crippen LogP contribution is 2.42. The fourth-order valence-electron chi connectivity index (χ4n) is 4.13. The highest BCUT2D eigenvalue weighted by atomic mass is 32.2. The number of hydrogen-bond acceptors (Lipinski definition) is 8. The van der Waals surface area contributed by atoms with E-state index in [1.165, 1.54) is 0 Å². The Hall–Kier alpha value is -2.36. The highest BCUT2D eigenvalue weighted by molar-refractivity contribution is 8.00. The van der Waals surface area contributed by atoms with Crippen molar-refractivity contribution in [3.63, 3.8) is 0 Å². The number of nitrogens with zero attached hydrogens (tertiary/aromatic N) is 4. The average molecular weight is 428 g/mol.